The summed E-state index contributed by atoms with van der Waals surface area (Å²) in [6, 6.07) is 3.40. The molecule has 0 aromatic carbocycles. The van der Waals surface area contributed by atoms with Crippen LogP contribution in [0, 0.1) is 13.8 Å². The number of hydrogen-bond acceptors (Lipinski definition) is 6. The standard InChI is InChI=1S/C12H18N6O2S/c1-9-12(10(2)18(17-9)7-5-13)21(19,20)15-8-11-4-3-6-14-16-11/h3-4,6,15H,5,7-8,13H2,1-2H3. The van der Waals surface area contributed by atoms with Crippen LogP contribution in [0.25, 0.3) is 0 Å². The molecule has 0 aliphatic carbocycles. The Kier molecular flexibility index (Phi) is 4.66. The fraction of sp³-hybridized carbons (Fsp3) is 0.417. The fourth-order valence-corrected chi connectivity index (χ4v) is 3.48. The predicted molar refractivity (Wildman–Crippen MR) is 76.8 cm³/mol. The molecule has 2 rings (SSSR count). The van der Waals surface area contributed by atoms with E-state index in [1.807, 2.05) is 0 Å². The number of nitrogens with one attached hydrogen (secondary N) is 1. The van der Waals surface area contributed by atoms with Crippen LogP contribution in [0.5, 0.6) is 0 Å². The maximum absolute atomic E-state index is 12.4. The maximum Gasteiger partial charge on any atom is 0.244 e. The molecule has 2 aromatic rings. The lowest BCUT2D eigenvalue weighted by Gasteiger charge is -2.07. The monoisotopic (exact) mass is 310 g/mol. The molecule has 9 heteroatoms. The quantitative estimate of drug-likeness (QED) is 0.758. The Morgan fingerprint density at radius 1 is 1.38 bits per heavy atom. The van der Waals surface area contributed by atoms with Crippen molar-refractivity contribution in [1.29, 1.82) is 0 Å². The van der Waals surface area contributed by atoms with Crippen LogP contribution in [0.15, 0.2) is 23.2 Å². The van der Waals surface area contributed by atoms with Crippen LogP contribution < -0.4 is 10.5 Å². The summed E-state index contributed by atoms with van der Waals surface area (Å²) in [4.78, 5) is 0.194. The molecule has 8 nitrogen and oxygen atoms in total. The minimum atomic E-state index is -3.66. The largest absolute Gasteiger partial charge is 0.329 e. The third-order valence-corrected chi connectivity index (χ3v) is 4.65. The van der Waals surface area contributed by atoms with Gasteiger partial charge in [-0.3, -0.25) is 4.68 Å². The van der Waals surface area contributed by atoms with E-state index >= 15 is 0 Å². The number of nitrogens with zero attached hydrogens (tertiary/aromatic N) is 4. The van der Waals surface area contributed by atoms with Gasteiger partial charge in [0.25, 0.3) is 0 Å². The maximum atomic E-state index is 12.4. The molecule has 0 aliphatic heterocycles. The van der Waals surface area contributed by atoms with Crippen LogP contribution in [0.4, 0.5) is 0 Å². The van der Waals surface area contributed by atoms with Gasteiger partial charge >= 0.3 is 0 Å². The van der Waals surface area contributed by atoms with Gasteiger partial charge in [-0.05, 0) is 26.0 Å². The van der Waals surface area contributed by atoms with Crippen molar-refractivity contribution in [1.82, 2.24) is 24.7 Å². The van der Waals surface area contributed by atoms with Gasteiger partial charge in [0.05, 0.1) is 30.2 Å². The highest BCUT2D eigenvalue weighted by Crippen LogP contribution is 2.19. The summed E-state index contributed by atoms with van der Waals surface area (Å²) in [5, 5.41) is 11.8. The van der Waals surface area contributed by atoms with Crippen molar-refractivity contribution in [3.63, 3.8) is 0 Å². The zero-order valence-electron chi connectivity index (χ0n) is 11.9. The topological polar surface area (TPSA) is 116 Å². The normalized spacial score (nSPS) is 11.8. The van der Waals surface area contributed by atoms with Gasteiger partial charge in [0.15, 0.2) is 0 Å². The number of hydrogen-bond donors (Lipinski definition) is 2. The van der Waals surface area contributed by atoms with Crippen LogP contribution >= 0.6 is 0 Å². The molecule has 0 saturated carbocycles. The van der Waals surface area contributed by atoms with Crippen molar-refractivity contribution in [2.24, 2.45) is 5.73 Å². The summed E-state index contributed by atoms with van der Waals surface area (Å²) in [6.45, 7) is 4.33. The van der Waals surface area contributed by atoms with Crippen molar-refractivity contribution in [3.8, 4) is 0 Å². The molecule has 0 aliphatic rings. The van der Waals surface area contributed by atoms with Gasteiger partial charge in [-0.25, -0.2) is 13.1 Å². The van der Waals surface area contributed by atoms with E-state index in [2.05, 4.69) is 20.0 Å². The van der Waals surface area contributed by atoms with E-state index in [0.29, 0.717) is 30.2 Å². The van der Waals surface area contributed by atoms with E-state index in [9.17, 15) is 8.42 Å². The van der Waals surface area contributed by atoms with Gasteiger partial charge < -0.3 is 5.73 Å². The van der Waals surface area contributed by atoms with Crippen LogP contribution in [0.2, 0.25) is 0 Å². The summed E-state index contributed by atoms with van der Waals surface area (Å²) in [7, 11) is -3.66. The molecule has 0 saturated heterocycles. The van der Waals surface area contributed by atoms with Crippen molar-refractivity contribution in [2.75, 3.05) is 6.54 Å². The molecular weight excluding hydrogens is 292 g/mol. The molecule has 3 N–H and O–H groups in total. The van der Waals surface area contributed by atoms with E-state index < -0.39 is 10.0 Å². The molecule has 21 heavy (non-hydrogen) atoms. The molecule has 0 fully saturated rings. The van der Waals surface area contributed by atoms with Crippen molar-refractivity contribution >= 4 is 10.0 Å². The lowest BCUT2D eigenvalue weighted by molar-refractivity contribution is 0.576. The first-order valence-electron chi connectivity index (χ1n) is 6.46. The van der Waals surface area contributed by atoms with Crippen LogP contribution in [-0.2, 0) is 23.1 Å². The number of nitrogens with two attached hydrogens (primary N) is 1. The molecule has 0 spiro atoms. The average Bonchev–Trinajstić information content (AvgIpc) is 2.73. The number of sulfonamides is 1. The van der Waals surface area contributed by atoms with E-state index in [0.717, 1.165) is 0 Å². The Morgan fingerprint density at radius 3 is 2.76 bits per heavy atom. The highest BCUT2D eigenvalue weighted by Gasteiger charge is 2.24. The number of aryl methyl sites for hydroxylation is 1. The van der Waals surface area contributed by atoms with Gasteiger partial charge in [-0.15, -0.1) is 0 Å². The van der Waals surface area contributed by atoms with Crippen molar-refractivity contribution in [2.45, 2.75) is 31.8 Å². The molecule has 0 bridgehead atoms. The van der Waals surface area contributed by atoms with Gasteiger partial charge in [0, 0.05) is 12.7 Å². The Labute approximate surface area is 123 Å². The zero-order chi connectivity index (χ0) is 15.5. The molecule has 2 aromatic heterocycles. The van der Waals surface area contributed by atoms with Gasteiger partial charge in [-0.2, -0.15) is 15.3 Å². The third-order valence-electron chi connectivity index (χ3n) is 3.00. The number of rotatable bonds is 6. The Hall–Kier alpha value is -1.84. The zero-order valence-corrected chi connectivity index (χ0v) is 12.8. The minimum Gasteiger partial charge on any atom is -0.329 e. The van der Waals surface area contributed by atoms with Crippen LogP contribution in [0.1, 0.15) is 17.1 Å². The summed E-state index contributed by atoms with van der Waals surface area (Å²) in [5.41, 5.74) is 7.06. The summed E-state index contributed by atoms with van der Waals surface area (Å²) in [6.07, 6.45) is 1.53. The molecule has 0 radical (unpaired) electrons. The highest BCUT2D eigenvalue weighted by molar-refractivity contribution is 7.89. The van der Waals surface area contributed by atoms with E-state index in [-0.39, 0.29) is 11.4 Å². The number of aromatic nitrogens is 4. The second kappa shape index (κ2) is 6.29. The fourth-order valence-electron chi connectivity index (χ4n) is 2.08. The Bertz CT molecular complexity index is 711. The molecule has 114 valence electrons. The first-order valence-corrected chi connectivity index (χ1v) is 7.94. The molecular formula is C12H18N6O2S. The lowest BCUT2D eigenvalue weighted by atomic mass is 10.4. The van der Waals surface area contributed by atoms with Gasteiger partial charge in [0.2, 0.25) is 10.0 Å². The van der Waals surface area contributed by atoms with Gasteiger partial charge in [0.1, 0.15) is 4.90 Å². The molecule has 2 heterocycles. The Morgan fingerprint density at radius 2 is 2.14 bits per heavy atom. The minimum absolute atomic E-state index is 0.0805. The van der Waals surface area contributed by atoms with Crippen LogP contribution in [-0.4, -0.2) is 34.9 Å². The Balaban J connectivity index is 2.24. The average molecular weight is 310 g/mol. The van der Waals surface area contributed by atoms with E-state index in [1.165, 1.54) is 6.20 Å². The van der Waals surface area contributed by atoms with Gasteiger partial charge in [-0.1, -0.05) is 0 Å². The van der Waals surface area contributed by atoms with E-state index in [4.69, 9.17) is 5.73 Å². The first kappa shape index (κ1) is 15.5. The molecule has 0 atom stereocenters. The summed E-state index contributed by atoms with van der Waals surface area (Å²) >= 11 is 0. The van der Waals surface area contributed by atoms with E-state index in [1.54, 1.807) is 30.7 Å². The smallest absolute Gasteiger partial charge is 0.244 e. The summed E-state index contributed by atoms with van der Waals surface area (Å²) in [5.74, 6) is 0. The van der Waals surface area contributed by atoms with Crippen LogP contribution in [0.3, 0.4) is 0 Å². The second-order valence-electron chi connectivity index (χ2n) is 4.55. The van der Waals surface area contributed by atoms with Crippen molar-refractivity contribution in [3.05, 3.63) is 35.4 Å². The SMILES string of the molecule is Cc1nn(CCN)c(C)c1S(=O)(=O)NCc1cccnn1. The first-order chi connectivity index (χ1) is 9.95. The third kappa shape index (κ3) is 3.43. The molecule has 0 unspecified atom stereocenters. The highest BCUT2D eigenvalue weighted by atomic mass is 32.2. The predicted octanol–water partition coefficient (Wildman–Crippen LogP) is -0.273. The lowest BCUT2D eigenvalue weighted by Crippen LogP contribution is -2.25. The molecule has 0 amide bonds. The van der Waals surface area contributed by atoms with Crippen molar-refractivity contribution < 1.29 is 8.42 Å². The summed E-state index contributed by atoms with van der Waals surface area (Å²) < 4.78 is 29.0. The second-order valence-corrected chi connectivity index (χ2v) is 6.26.